The summed E-state index contributed by atoms with van der Waals surface area (Å²) in [4.78, 5) is 46.3. The molecule has 3 aromatic rings. The van der Waals surface area contributed by atoms with Gasteiger partial charge < -0.3 is 10.6 Å². The third-order valence-electron chi connectivity index (χ3n) is 7.47. The second-order valence-corrected chi connectivity index (χ2v) is 10.8. The molecule has 40 heavy (non-hydrogen) atoms. The van der Waals surface area contributed by atoms with Gasteiger partial charge in [0.1, 0.15) is 11.9 Å². The predicted octanol–water partition coefficient (Wildman–Crippen LogP) is 6.34. The van der Waals surface area contributed by atoms with Crippen LogP contribution in [0.15, 0.2) is 66.9 Å². The quantitative estimate of drug-likeness (QED) is 0.314. The van der Waals surface area contributed by atoms with Crippen LogP contribution in [0, 0.1) is 20.8 Å². The lowest BCUT2D eigenvalue weighted by molar-refractivity contribution is -0.127. The van der Waals surface area contributed by atoms with E-state index in [0.717, 1.165) is 47.9 Å². The number of anilines is 2. The first-order chi connectivity index (χ1) is 19.3. The molecule has 1 aliphatic carbocycles. The number of aromatic nitrogens is 1. The summed E-state index contributed by atoms with van der Waals surface area (Å²) < 4.78 is 0. The lowest BCUT2D eigenvalue weighted by Crippen LogP contribution is -2.47. The van der Waals surface area contributed by atoms with E-state index in [-0.39, 0.29) is 36.6 Å². The Hall–Kier alpha value is -4.00. The van der Waals surface area contributed by atoms with Crippen molar-refractivity contribution in [3.63, 3.8) is 0 Å². The monoisotopic (exact) mass is 540 g/mol. The van der Waals surface area contributed by atoms with E-state index in [2.05, 4.69) is 15.6 Å². The van der Waals surface area contributed by atoms with Crippen molar-refractivity contribution >= 4 is 29.2 Å². The normalized spacial score (nSPS) is 14.3. The number of nitrogens with one attached hydrogen (secondary N) is 2. The fourth-order valence-corrected chi connectivity index (χ4v) is 5.25. The SMILES string of the molecule is Cc1ccc([C@H](C(=O)NC2CCCCC2)N(C(=O)CCCC(=O)Nc2ccccn2)c2cc(C)ccc2C)cc1. The van der Waals surface area contributed by atoms with Crippen molar-refractivity contribution in [3.05, 3.63) is 89.1 Å². The van der Waals surface area contributed by atoms with Gasteiger partial charge in [0.05, 0.1) is 0 Å². The van der Waals surface area contributed by atoms with Gasteiger partial charge in [0.25, 0.3) is 0 Å². The Kier molecular flexibility index (Phi) is 10.1. The summed E-state index contributed by atoms with van der Waals surface area (Å²) in [6, 6.07) is 18.4. The van der Waals surface area contributed by atoms with Crippen LogP contribution in [0.4, 0.5) is 11.5 Å². The summed E-state index contributed by atoms with van der Waals surface area (Å²) in [7, 11) is 0. The van der Waals surface area contributed by atoms with Crippen LogP contribution in [-0.2, 0) is 14.4 Å². The van der Waals surface area contributed by atoms with Gasteiger partial charge in [0, 0.05) is 30.8 Å². The van der Waals surface area contributed by atoms with Gasteiger partial charge >= 0.3 is 0 Å². The third-order valence-corrected chi connectivity index (χ3v) is 7.47. The smallest absolute Gasteiger partial charge is 0.248 e. The van der Waals surface area contributed by atoms with E-state index in [1.54, 1.807) is 29.3 Å². The first-order valence-electron chi connectivity index (χ1n) is 14.3. The highest BCUT2D eigenvalue weighted by atomic mass is 16.2. The van der Waals surface area contributed by atoms with Gasteiger partial charge in [0.15, 0.2) is 0 Å². The van der Waals surface area contributed by atoms with Gasteiger partial charge in [-0.25, -0.2) is 4.98 Å². The topological polar surface area (TPSA) is 91.4 Å². The van der Waals surface area contributed by atoms with Crippen LogP contribution in [0.2, 0.25) is 0 Å². The van der Waals surface area contributed by atoms with Crippen LogP contribution in [-0.4, -0.2) is 28.7 Å². The summed E-state index contributed by atoms with van der Waals surface area (Å²) in [6.07, 6.45) is 7.56. The van der Waals surface area contributed by atoms with Gasteiger partial charge in [-0.15, -0.1) is 0 Å². The number of rotatable bonds is 10. The number of nitrogens with zero attached hydrogens (tertiary/aromatic N) is 2. The summed E-state index contributed by atoms with van der Waals surface area (Å²) in [5, 5.41) is 6.04. The number of benzene rings is 2. The third kappa shape index (κ3) is 7.78. The molecule has 0 unspecified atom stereocenters. The van der Waals surface area contributed by atoms with Crippen LogP contribution in [0.3, 0.4) is 0 Å². The summed E-state index contributed by atoms with van der Waals surface area (Å²) in [5.41, 5.74) is 4.48. The minimum absolute atomic E-state index is 0.111. The molecule has 210 valence electrons. The van der Waals surface area contributed by atoms with Gasteiger partial charge in [0.2, 0.25) is 17.7 Å². The molecule has 0 aliphatic heterocycles. The summed E-state index contributed by atoms with van der Waals surface area (Å²) >= 11 is 0. The molecule has 1 fully saturated rings. The zero-order chi connectivity index (χ0) is 28.5. The molecule has 0 bridgehead atoms. The maximum atomic E-state index is 14.0. The number of hydrogen-bond donors (Lipinski definition) is 2. The lowest BCUT2D eigenvalue weighted by Gasteiger charge is -2.34. The molecule has 2 aromatic carbocycles. The number of amides is 3. The zero-order valence-corrected chi connectivity index (χ0v) is 23.8. The van der Waals surface area contributed by atoms with Crippen LogP contribution in [0.1, 0.15) is 79.7 Å². The van der Waals surface area contributed by atoms with E-state index in [1.807, 2.05) is 63.2 Å². The van der Waals surface area contributed by atoms with Crippen LogP contribution in [0.5, 0.6) is 0 Å². The number of carbonyl (C=O) groups is 3. The molecule has 0 spiro atoms. The second-order valence-electron chi connectivity index (χ2n) is 10.8. The maximum absolute atomic E-state index is 14.0. The Morgan fingerprint density at radius 2 is 1.62 bits per heavy atom. The highest BCUT2D eigenvalue weighted by Crippen LogP contribution is 2.33. The van der Waals surface area contributed by atoms with Crippen molar-refractivity contribution in [3.8, 4) is 0 Å². The molecule has 1 aromatic heterocycles. The van der Waals surface area contributed by atoms with E-state index in [9.17, 15) is 14.4 Å². The fourth-order valence-electron chi connectivity index (χ4n) is 5.25. The summed E-state index contributed by atoms with van der Waals surface area (Å²) in [5.74, 6) is -0.0776. The molecule has 1 heterocycles. The van der Waals surface area contributed by atoms with Gasteiger partial charge in [-0.05, 0) is 74.9 Å². The average Bonchev–Trinajstić information content (AvgIpc) is 2.95. The van der Waals surface area contributed by atoms with Crippen molar-refractivity contribution in [2.45, 2.75) is 84.2 Å². The van der Waals surface area contributed by atoms with Crippen molar-refractivity contribution in [2.75, 3.05) is 10.2 Å². The molecule has 7 heteroatoms. The van der Waals surface area contributed by atoms with E-state index in [0.29, 0.717) is 17.9 Å². The molecular formula is C33H40N4O3. The number of carbonyl (C=O) groups excluding carboxylic acids is 3. The highest BCUT2D eigenvalue weighted by Gasteiger charge is 2.34. The number of aryl methyl sites for hydroxylation is 3. The maximum Gasteiger partial charge on any atom is 0.248 e. The van der Waals surface area contributed by atoms with Crippen LogP contribution < -0.4 is 15.5 Å². The molecular weight excluding hydrogens is 500 g/mol. The van der Waals surface area contributed by atoms with E-state index in [1.165, 1.54) is 6.42 Å². The first kappa shape index (κ1) is 29.0. The standard InChI is InChI=1S/C33H40N4O3/c1-23-16-19-26(20-17-23)32(33(40)35-27-10-5-4-6-11-27)37(28-22-24(2)15-18-25(28)3)31(39)14-9-13-30(38)36-29-12-7-8-21-34-29/h7-8,12,15-22,27,32H,4-6,9-11,13-14H2,1-3H3,(H,35,40)(H,34,36,38)/t32-/m1/s1. The minimum Gasteiger partial charge on any atom is -0.351 e. The average molecular weight is 541 g/mol. The van der Waals surface area contributed by atoms with Gasteiger partial charge in [-0.1, -0.05) is 67.3 Å². The molecule has 7 nitrogen and oxygen atoms in total. The molecule has 4 rings (SSSR count). The Morgan fingerprint density at radius 1 is 0.900 bits per heavy atom. The Bertz CT molecular complexity index is 1300. The zero-order valence-electron chi connectivity index (χ0n) is 23.8. The van der Waals surface area contributed by atoms with E-state index < -0.39 is 6.04 Å². The minimum atomic E-state index is -0.821. The molecule has 1 saturated carbocycles. The van der Waals surface area contributed by atoms with E-state index >= 15 is 0 Å². The lowest BCUT2D eigenvalue weighted by atomic mass is 9.94. The van der Waals surface area contributed by atoms with Gasteiger partial charge in [-0.2, -0.15) is 0 Å². The highest BCUT2D eigenvalue weighted by molar-refractivity contribution is 6.02. The van der Waals surface area contributed by atoms with Crippen LogP contribution >= 0.6 is 0 Å². The predicted molar refractivity (Wildman–Crippen MR) is 159 cm³/mol. The second kappa shape index (κ2) is 13.9. The first-order valence-corrected chi connectivity index (χ1v) is 14.3. The molecule has 0 radical (unpaired) electrons. The summed E-state index contributed by atoms with van der Waals surface area (Å²) in [6.45, 7) is 5.95. The van der Waals surface area contributed by atoms with Gasteiger partial charge in [-0.3, -0.25) is 19.3 Å². The number of hydrogen-bond acceptors (Lipinski definition) is 4. The molecule has 1 aliphatic rings. The van der Waals surface area contributed by atoms with Crippen LogP contribution in [0.25, 0.3) is 0 Å². The fraction of sp³-hybridized carbons (Fsp3) is 0.394. The largest absolute Gasteiger partial charge is 0.351 e. The van der Waals surface area contributed by atoms with Crippen molar-refractivity contribution in [2.24, 2.45) is 0 Å². The Morgan fingerprint density at radius 3 is 2.33 bits per heavy atom. The molecule has 3 amide bonds. The van der Waals surface area contributed by atoms with Crippen molar-refractivity contribution in [1.82, 2.24) is 10.3 Å². The molecule has 1 atom stereocenters. The van der Waals surface area contributed by atoms with Crippen molar-refractivity contribution < 1.29 is 14.4 Å². The molecule has 2 N–H and O–H groups in total. The Labute approximate surface area is 237 Å². The number of pyridine rings is 1. The molecule has 0 saturated heterocycles. The van der Waals surface area contributed by atoms with Crippen molar-refractivity contribution in [1.29, 1.82) is 0 Å². The Balaban J connectivity index is 1.61. The van der Waals surface area contributed by atoms with E-state index in [4.69, 9.17) is 0 Å².